The van der Waals surface area contributed by atoms with Gasteiger partial charge in [-0.05, 0) is 41.5 Å². The van der Waals surface area contributed by atoms with Gasteiger partial charge in [-0.2, -0.15) is 0 Å². The molecule has 2 heterocycles. The third-order valence-electron chi connectivity index (χ3n) is 3.77. The Morgan fingerprint density at radius 3 is 2.89 bits per heavy atom. The molecular weight excluding hydrogens is 292 g/mol. The van der Waals surface area contributed by atoms with E-state index in [2.05, 4.69) is 50.8 Å². The van der Waals surface area contributed by atoms with E-state index in [1.807, 2.05) is 12.4 Å². The fourth-order valence-electron chi connectivity index (χ4n) is 2.47. The number of piperazine rings is 1. The number of aromatic nitrogens is 1. The van der Waals surface area contributed by atoms with Crippen molar-refractivity contribution >= 4 is 15.9 Å². The average Bonchev–Trinajstić information content (AvgIpc) is 2.35. The van der Waals surface area contributed by atoms with Gasteiger partial charge < -0.3 is 10.6 Å². The van der Waals surface area contributed by atoms with Crippen molar-refractivity contribution in [1.29, 1.82) is 0 Å². The van der Waals surface area contributed by atoms with Crippen molar-refractivity contribution in [3.05, 3.63) is 28.5 Å². The van der Waals surface area contributed by atoms with Crippen LogP contribution in [0.2, 0.25) is 0 Å². The van der Waals surface area contributed by atoms with Crippen LogP contribution in [0.1, 0.15) is 18.5 Å². The number of hydrogen-bond donors (Lipinski definition) is 1. The molecule has 1 aliphatic heterocycles. The summed E-state index contributed by atoms with van der Waals surface area (Å²) >= 11 is 3.48. The van der Waals surface area contributed by atoms with Gasteiger partial charge in [0.25, 0.3) is 0 Å². The van der Waals surface area contributed by atoms with Crippen LogP contribution in [0.5, 0.6) is 0 Å². The first-order chi connectivity index (χ1) is 8.61. The molecule has 2 unspecified atom stereocenters. The number of likely N-dealkylation sites (N-methyl/N-ethyl adjacent to an activating group) is 1. The van der Waals surface area contributed by atoms with Crippen molar-refractivity contribution in [2.75, 3.05) is 33.2 Å². The van der Waals surface area contributed by atoms with E-state index in [4.69, 9.17) is 5.73 Å². The molecule has 2 rings (SSSR count). The normalized spacial score (nSPS) is 24.1. The molecule has 0 spiro atoms. The molecule has 1 aromatic rings. The summed E-state index contributed by atoms with van der Waals surface area (Å²) in [5.41, 5.74) is 7.17. The lowest BCUT2D eigenvalue weighted by atomic mass is 10.0. The second-order valence-electron chi connectivity index (χ2n) is 5.01. The van der Waals surface area contributed by atoms with E-state index in [0.29, 0.717) is 12.6 Å². The molecule has 1 aliphatic rings. The fourth-order valence-corrected chi connectivity index (χ4v) is 2.85. The molecule has 0 amide bonds. The Kier molecular flexibility index (Phi) is 4.72. The van der Waals surface area contributed by atoms with Gasteiger partial charge in [-0.15, -0.1) is 0 Å². The van der Waals surface area contributed by atoms with Crippen molar-refractivity contribution in [3.8, 4) is 0 Å². The topological polar surface area (TPSA) is 45.4 Å². The van der Waals surface area contributed by atoms with Crippen molar-refractivity contribution < 1.29 is 0 Å². The zero-order valence-electron chi connectivity index (χ0n) is 11.0. The van der Waals surface area contributed by atoms with Crippen LogP contribution in [0.4, 0.5) is 0 Å². The van der Waals surface area contributed by atoms with E-state index >= 15 is 0 Å². The molecule has 100 valence electrons. The quantitative estimate of drug-likeness (QED) is 0.918. The first-order valence-electron chi connectivity index (χ1n) is 6.36. The van der Waals surface area contributed by atoms with Crippen LogP contribution in [0.3, 0.4) is 0 Å². The van der Waals surface area contributed by atoms with Crippen LogP contribution in [0, 0.1) is 0 Å². The van der Waals surface area contributed by atoms with Crippen LogP contribution in [-0.4, -0.2) is 54.1 Å². The minimum Gasteiger partial charge on any atom is -0.329 e. The van der Waals surface area contributed by atoms with Crippen LogP contribution in [0.15, 0.2) is 22.9 Å². The molecule has 0 saturated carbocycles. The van der Waals surface area contributed by atoms with Gasteiger partial charge in [0.2, 0.25) is 0 Å². The van der Waals surface area contributed by atoms with E-state index in [9.17, 15) is 0 Å². The van der Waals surface area contributed by atoms with Gasteiger partial charge in [-0.3, -0.25) is 9.88 Å². The maximum Gasteiger partial charge on any atom is 0.0487 e. The maximum atomic E-state index is 5.97. The Hall–Kier alpha value is -0.490. The third kappa shape index (κ3) is 3.09. The molecule has 0 aromatic carbocycles. The van der Waals surface area contributed by atoms with Gasteiger partial charge in [0.1, 0.15) is 0 Å². The molecule has 1 saturated heterocycles. The smallest absolute Gasteiger partial charge is 0.0487 e. The molecule has 18 heavy (non-hydrogen) atoms. The molecular formula is C13H21BrN4. The van der Waals surface area contributed by atoms with Crippen molar-refractivity contribution in [3.63, 3.8) is 0 Å². The summed E-state index contributed by atoms with van der Waals surface area (Å²) in [6, 6.07) is 2.96. The predicted octanol–water partition coefficient (Wildman–Crippen LogP) is 1.48. The summed E-state index contributed by atoms with van der Waals surface area (Å²) < 4.78 is 1.01. The summed E-state index contributed by atoms with van der Waals surface area (Å²) in [6.45, 7) is 6.12. The van der Waals surface area contributed by atoms with E-state index in [1.165, 1.54) is 5.56 Å². The average molecular weight is 313 g/mol. The molecule has 2 N–H and O–H groups in total. The minimum absolute atomic E-state index is 0.270. The number of pyridine rings is 1. The maximum absolute atomic E-state index is 5.97. The lowest BCUT2D eigenvalue weighted by Gasteiger charge is -2.41. The largest absolute Gasteiger partial charge is 0.329 e. The van der Waals surface area contributed by atoms with Crippen molar-refractivity contribution in [2.45, 2.75) is 19.0 Å². The molecule has 1 aromatic heterocycles. The summed E-state index contributed by atoms with van der Waals surface area (Å²) in [5.74, 6) is 0. The highest BCUT2D eigenvalue weighted by Gasteiger charge is 2.26. The number of nitrogens with two attached hydrogens (primary N) is 1. The Morgan fingerprint density at radius 2 is 2.28 bits per heavy atom. The van der Waals surface area contributed by atoms with Gasteiger partial charge >= 0.3 is 0 Å². The number of halogens is 1. The lowest BCUT2D eigenvalue weighted by molar-refractivity contribution is 0.0740. The first-order valence-corrected chi connectivity index (χ1v) is 7.16. The molecule has 0 bridgehead atoms. The minimum atomic E-state index is 0.270. The Balaban J connectivity index is 2.14. The number of nitrogens with zero attached hydrogens (tertiary/aromatic N) is 3. The van der Waals surface area contributed by atoms with E-state index < -0.39 is 0 Å². The van der Waals surface area contributed by atoms with Crippen LogP contribution in [0.25, 0.3) is 0 Å². The Labute approximate surface area is 117 Å². The highest BCUT2D eigenvalue weighted by molar-refractivity contribution is 9.10. The molecule has 4 nitrogen and oxygen atoms in total. The highest BCUT2D eigenvalue weighted by atomic mass is 79.9. The number of rotatable bonds is 3. The molecule has 5 heteroatoms. The highest BCUT2D eigenvalue weighted by Crippen LogP contribution is 2.24. The Bertz CT molecular complexity index is 398. The van der Waals surface area contributed by atoms with Gasteiger partial charge in [0, 0.05) is 55.1 Å². The van der Waals surface area contributed by atoms with Gasteiger partial charge in [0.05, 0.1) is 0 Å². The lowest BCUT2D eigenvalue weighted by Crippen LogP contribution is -2.52. The number of hydrogen-bond acceptors (Lipinski definition) is 4. The van der Waals surface area contributed by atoms with Crippen LogP contribution in [-0.2, 0) is 0 Å². The predicted molar refractivity (Wildman–Crippen MR) is 77.4 cm³/mol. The van der Waals surface area contributed by atoms with E-state index in [1.54, 1.807) is 0 Å². The zero-order chi connectivity index (χ0) is 13.1. The van der Waals surface area contributed by atoms with E-state index in [-0.39, 0.29) is 6.04 Å². The van der Waals surface area contributed by atoms with Gasteiger partial charge in [0.15, 0.2) is 0 Å². The monoisotopic (exact) mass is 312 g/mol. The SMILES string of the molecule is CC1CN(C(CN)c2cncc(Br)c2)CCN1C. The Morgan fingerprint density at radius 1 is 1.50 bits per heavy atom. The summed E-state index contributed by atoms with van der Waals surface area (Å²) in [4.78, 5) is 9.10. The summed E-state index contributed by atoms with van der Waals surface area (Å²) in [5, 5.41) is 0. The fraction of sp³-hybridized carbons (Fsp3) is 0.615. The summed E-state index contributed by atoms with van der Waals surface area (Å²) in [6.07, 6.45) is 3.73. The second-order valence-corrected chi connectivity index (χ2v) is 5.93. The molecule has 0 radical (unpaired) electrons. The van der Waals surface area contributed by atoms with Crippen LogP contribution < -0.4 is 5.73 Å². The van der Waals surface area contributed by atoms with Gasteiger partial charge in [-0.1, -0.05) is 0 Å². The van der Waals surface area contributed by atoms with Gasteiger partial charge in [-0.25, -0.2) is 0 Å². The summed E-state index contributed by atoms with van der Waals surface area (Å²) in [7, 11) is 2.18. The van der Waals surface area contributed by atoms with E-state index in [0.717, 1.165) is 24.1 Å². The molecule has 2 atom stereocenters. The third-order valence-corrected chi connectivity index (χ3v) is 4.20. The standard InChI is InChI=1S/C13H21BrN4/c1-10-9-18(4-3-17(10)2)13(6-15)11-5-12(14)8-16-7-11/h5,7-8,10,13H,3-4,6,9,15H2,1-2H3. The van der Waals surface area contributed by atoms with Crippen LogP contribution >= 0.6 is 15.9 Å². The van der Waals surface area contributed by atoms with Crippen molar-refractivity contribution in [2.24, 2.45) is 5.73 Å². The van der Waals surface area contributed by atoms with Crippen molar-refractivity contribution in [1.82, 2.24) is 14.8 Å². The molecule has 0 aliphatic carbocycles. The zero-order valence-corrected chi connectivity index (χ0v) is 12.6. The second kappa shape index (κ2) is 6.10. The first kappa shape index (κ1) is 13.9. The molecule has 1 fully saturated rings.